The number of phenols is 1. The van der Waals surface area contributed by atoms with Crippen LogP contribution in [-0.4, -0.2) is 30.6 Å². The number of carbonyl (C=O) groups excluding carboxylic acids is 2. The number of esters is 1. The number of carbonyl (C=O) groups is 2. The van der Waals surface area contributed by atoms with E-state index in [1.165, 1.54) is 30.6 Å². The summed E-state index contributed by atoms with van der Waals surface area (Å²) in [5.74, 6) is -0.599. The van der Waals surface area contributed by atoms with Crippen LogP contribution in [0.25, 0.3) is 6.08 Å². The van der Waals surface area contributed by atoms with Crippen LogP contribution >= 0.6 is 27.3 Å². The second kappa shape index (κ2) is 8.12. The van der Waals surface area contributed by atoms with E-state index in [0.717, 1.165) is 4.88 Å². The van der Waals surface area contributed by atoms with Crippen LogP contribution in [0.2, 0.25) is 0 Å². The smallest absolute Gasteiger partial charge is 0.331 e. The molecule has 0 aliphatic carbocycles. The number of Topliss-reactive ketones (excluding diaryl/α,β-unsaturated/α-hetero) is 1. The fourth-order valence-electron chi connectivity index (χ4n) is 1.85. The average Bonchev–Trinajstić information content (AvgIpc) is 3.00. The van der Waals surface area contributed by atoms with Gasteiger partial charge in [-0.15, -0.1) is 11.3 Å². The van der Waals surface area contributed by atoms with Gasteiger partial charge in [-0.25, -0.2) is 4.79 Å². The SMILES string of the molecule is COc1cc(/C=C/C(=O)OCC(=O)c2ccc(C)s2)cc(Br)c1O. The predicted molar refractivity (Wildman–Crippen MR) is 95.7 cm³/mol. The van der Waals surface area contributed by atoms with Crippen molar-refractivity contribution in [3.8, 4) is 11.5 Å². The maximum Gasteiger partial charge on any atom is 0.331 e. The number of methoxy groups -OCH3 is 1. The first-order chi connectivity index (χ1) is 11.4. The number of phenolic OH excluding ortho intramolecular Hbond substituents is 1. The first-order valence-electron chi connectivity index (χ1n) is 6.91. The second-order valence-electron chi connectivity index (χ2n) is 4.83. The number of benzene rings is 1. The molecule has 1 heterocycles. The lowest BCUT2D eigenvalue weighted by Gasteiger charge is -2.06. The van der Waals surface area contributed by atoms with Crippen LogP contribution in [0.5, 0.6) is 11.5 Å². The highest BCUT2D eigenvalue weighted by molar-refractivity contribution is 9.10. The number of aryl methyl sites for hydroxylation is 1. The van der Waals surface area contributed by atoms with Crippen molar-refractivity contribution in [2.45, 2.75) is 6.92 Å². The summed E-state index contributed by atoms with van der Waals surface area (Å²) in [5, 5.41) is 9.73. The number of rotatable bonds is 6. The molecule has 0 saturated carbocycles. The fraction of sp³-hybridized carbons (Fsp3) is 0.176. The normalized spacial score (nSPS) is 10.8. The van der Waals surface area contributed by atoms with Gasteiger partial charge in [-0.2, -0.15) is 0 Å². The summed E-state index contributed by atoms with van der Waals surface area (Å²) < 4.78 is 10.4. The maximum absolute atomic E-state index is 11.9. The van der Waals surface area contributed by atoms with Gasteiger partial charge in [0.2, 0.25) is 5.78 Å². The Morgan fingerprint density at radius 1 is 1.33 bits per heavy atom. The Hall–Kier alpha value is -2.12. The predicted octanol–water partition coefficient (Wildman–Crippen LogP) is 3.97. The molecule has 1 N–H and O–H groups in total. The molecule has 0 aliphatic heterocycles. The van der Waals surface area contributed by atoms with E-state index in [0.29, 0.717) is 14.9 Å². The highest BCUT2D eigenvalue weighted by Gasteiger charge is 2.11. The van der Waals surface area contributed by atoms with Gasteiger partial charge in [-0.05, 0) is 58.8 Å². The zero-order chi connectivity index (χ0) is 17.7. The molecule has 0 bridgehead atoms. The van der Waals surface area contributed by atoms with Crippen LogP contribution in [0, 0.1) is 6.92 Å². The van der Waals surface area contributed by atoms with Gasteiger partial charge in [0.15, 0.2) is 18.1 Å². The molecule has 0 radical (unpaired) electrons. The van der Waals surface area contributed by atoms with Crippen molar-refractivity contribution in [1.82, 2.24) is 0 Å². The molecule has 0 unspecified atom stereocenters. The van der Waals surface area contributed by atoms with Crippen LogP contribution < -0.4 is 4.74 Å². The number of thiophene rings is 1. The molecule has 5 nitrogen and oxygen atoms in total. The molecule has 0 fully saturated rings. The molecule has 1 aromatic carbocycles. The van der Waals surface area contributed by atoms with E-state index >= 15 is 0 Å². The Kier molecular flexibility index (Phi) is 6.16. The van der Waals surface area contributed by atoms with Crippen molar-refractivity contribution in [3.05, 3.63) is 50.1 Å². The van der Waals surface area contributed by atoms with Crippen molar-refractivity contribution in [1.29, 1.82) is 0 Å². The van der Waals surface area contributed by atoms with Gasteiger partial charge in [-0.3, -0.25) is 4.79 Å². The van der Waals surface area contributed by atoms with E-state index in [1.54, 1.807) is 18.2 Å². The molecule has 2 rings (SSSR count). The third kappa shape index (κ3) is 4.69. The molecule has 1 aromatic heterocycles. The lowest BCUT2D eigenvalue weighted by molar-refractivity contribution is -0.136. The van der Waals surface area contributed by atoms with Gasteiger partial charge < -0.3 is 14.6 Å². The van der Waals surface area contributed by atoms with E-state index < -0.39 is 5.97 Å². The van der Waals surface area contributed by atoms with Crippen molar-refractivity contribution in [2.24, 2.45) is 0 Å². The topological polar surface area (TPSA) is 72.8 Å². The number of aromatic hydroxyl groups is 1. The molecule has 0 saturated heterocycles. The summed E-state index contributed by atoms with van der Waals surface area (Å²) in [6.45, 7) is 1.60. The zero-order valence-corrected chi connectivity index (χ0v) is 15.4. The molecule has 0 aliphatic rings. The molecule has 24 heavy (non-hydrogen) atoms. The molecule has 0 spiro atoms. The van der Waals surface area contributed by atoms with Crippen LogP contribution in [0.3, 0.4) is 0 Å². The summed E-state index contributed by atoms with van der Waals surface area (Å²) in [5.41, 5.74) is 0.633. The largest absolute Gasteiger partial charge is 0.503 e. The van der Waals surface area contributed by atoms with Crippen molar-refractivity contribution < 1.29 is 24.2 Å². The third-order valence-corrected chi connectivity index (χ3v) is 4.69. The standard InChI is InChI=1S/C17H15BrO5S/c1-10-3-5-15(24-10)13(19)9-23-16(20)6-4-11-7-12(18)17(21)14(8-11)22-2/h3-8,21H,9H2,1-2H3/b6-4+. The van der Waals surface area contributed by atoms with Crippen molar-refractivity contribution >= 4 is 45.1 Å². The lowest BCUT2D eigenvalue weighted by Crippen LogP contribution is -2.11. The third-order valence-electron chi connectivity index (χ3n) is 3.04. The molecule has 7 heteroatoms. The number of ether oxygens (including phenoxy) is 2. The molecule has 0 amide bonds. The molecule has 2 aromatic rings. The Labute approximate surface area is 151 Å². The first-order valence-corrected chi connectivity index (χ1v) is 8.52. The van der Waals surface area contributed by atoms with E-state index in [1.807, 2.05) is 13.0 Å². The van der Waals surface area contributed by atoms with Crippen LogP contribution in [0.1, 0.15) is 20.1 Å². The summed E-state index contributed by atoms with van der Waals surface area (Å²) in [6, 6.07) is 6.76. The molecule has 0 atom stereocenters. The Morgan fingerprint density at radius 2 is 2.08 bits per heavy atom. The van der Waals surface area contributed by atoms with Crippen LogP contribution in [0.4, 0.5) is 0 Å². The van der Waals surface area contributed by atoms with Gasteiger partial charge in [-0.1, -0.05) is 0 Å². The first kappa shape index (κ1) is 18.2. The van der Waals surface area contributed by atoms with Crippen molar-refractivity contribution in [3.63, 3.8) is 0 Å². The van der Waals surface area contributed by atoms with Crippen molar-refractivity contribution in [2.75, 3.05) is 13.7 Å². The van der Waals surface area contributed by atoms with Crippen LogP contribution in [-0.2, 0) is 9.53 Å². The van der Waals surface area contributed by atoms with E-state index in [-0.39, 0.29) is 23.9 Å². The summed E-state index contributed by atoms with van der Waals surface area (Å²) in [6.07, 6.45) is 2.72. The van der Waals surface area contributed by atoms with Gasteiger partial charge in [0.05, 0.1) is 16.5 Å². The van der Waals surface area contributed by atoms with Gasteiger partial charge in [0.25, 0.3) is 0 Å². The van der Waals surface area contributed by atoms with E-state index in [9.17, 15) is 14.7 Å². The number of hydrogen-bond acceptors (Lipinski definition) is 6. The molecule has 126 valence electrons. The number of hydrogen-bond donors (Lipinski definition) is 1. The Morgan fingerprint density at radius 3 is 2.71 bits per heavy atom. The lowest BCUT2D eigenvalue weighted by atomic mass is 10.2. The molecular weight excluding hydrogens is 396 g/mol. The number of halogens is 1. The molecular formula is C17H15BrO5S. The van der Waals surface area contributed by atoms with E-state index in [2.05, 4.69) is 15.9 Å². The minimum Gasteiger partial charge on any atom is -0.503 e. The second-order valence-corrected chi connectivity index (χ2v) is 6.97. The fourth-order valence-corrected chi connectivity index (χ4v) is 3.10. The van der Waals surface area contributed by atoms with E-state index in [4.69, 9.17) is 9.47 Å². The minimum absolute atomic E-state index is 0.0194. The Bertz CT molecular complexity index is 794. The summed E-state index contributed by atoms with van der Waals surface area (Å²) >= 11 is 4.56. The van der Waals surface area contributed by atoms with Gasteiger partial charge in [0.1, 0.15) is 0 Å². The zero-order valence-electron chi connectivity index (χ0n) is 13.0. The minimum atomic E-state index is -0.625. The van der Waals surface area contributed by atoms with Gasteiger partial charge in [0, 0.05) is 11.0 Å². The number of ketones is 1. The highest BCUT2D eigenvalue weighted by atomic mass is 79.9. The monoisotopic (exact) mass is 410 g/mol. The Balaban J connectivity index is 1.96. The quantitative estimate of drug-likeness (QED) is 0.443. The highest BCUT2D eigenvalue weighted by Crippen LogP contribution is 2.35. The summed E-state index contributed by atoms with van der Waals surface area (Å²) in [4.78, 5) is 25.2. The van der Waals surface area contributed by atoms with Gasteiger partial charge >= 0.3 is 5.97 Å². The summed E-state index contributed by atoms with van der Waals surface area (Å²) in [7, 11) is 1.43. The maximum atomic E-state index is 11.9. The average molecular weight is 411 g/mol. The van der Waals surface area contributed by atoms with Crippen LogP contribution in [0.15, 0.2) is 34.8 Å².